The van der Waals surface area contributed by atoms with E-state index in [1.54, 1.807) is 23.1 Å². The molecule has 0 aliphatic carbocycles. The number of H-pyrrole nitrogens is 1. The summed E-state index contributed by atoms with van der Waals surface area (Å²) in [5.41, 5.74) is 1.76. The number of carbonyl (C=O) groups excluding carboxylic acids is 1. The van der Waals surface area contributed by atoms with Crippen LogP contribution in [0.4, 0.5) is 5.69 Å². The Morgan fingerprint density at radius 3 is 2.58 bits per heavy atom. The largest absolute Gasteiger partial charge is 0.345 e. The molecular formula is C20H21N3O3. The van der Waals surface area contributed by atoms with Crippen molar-refractivity contribution in [1.29, 1.82) is 0 Å². The van der Waals surface area contributed by atoms with Crippen LogP contribution in [-0.4, -0.2) is 26.8 Å². The van der Waals surface area contributed by atoms with Crippen molar-refractivity contribution in [1.82, 2.24) is 9.88 Å². The van der Waals surface area contributed by atoms with E-state index in [4.69, 9.17) is 0 Å². The summed E-state index contributed by atoms with van der Waals surface area (Å²) in [6.45, 7) is 4.53. The van der Waals surface area contributed by atoms with Gasteiger partial charge < -0.3 is 9.88 Å². The Bertz CT molecular complexity index is 934. The molecule has 2 aromatic carbocycles. The topological polar surface area (TPSA) is 79.2 Å². The zero-order valence-corrected chi connectivity index (χ0v) is 14.8. The van der Waals surface area contributed by atoms with E-state index in [-0.39, 0.29) is 17.6 Å². The number of fused-ring (bicyclic) bond motifs is 1. The number of benzene rings is 2. The van der Waals surface area contributed by atoms with E-state index in [0.29, 0.717) is 23.1 Å². The van der Waals surface area contributed by atoms with Crippen LogP contribution >= 0.6 is 0 Å². The average Bonchev–Trinajstić information content (AvgIpc) is 3.09. The van der Waals surface area contributed by atoms with Crippen LogP contribution in [0.2, 0.25) is 0 Å². The standard InChI is InChI=1S/C20H21N3O3/c1-3-14(2)22(13-15-8-5-4-6-9-15)20(24)17-12-16-10-7-11-18(23(25)26)19(16)21-17/h4-12,14,21H,3,13H2,1-2H3. The van der Waals surface area contributed by atoms with Crippen molar-refractivity contribution in [2.45, 2.75) is 32.9 Å². The molecule has 3 aromatic rings. The maximum Gasteiger partial charge on any atom is 0.293 e. The van der Waals surface area contributed by atoms with Gasteiger partial charge in [0.25, 0.3) is 11.6 Å². The number of non-ortho nitro benzene ring substituents is 1. The van der Waals surface area contributed by atoms with Gasteiger partial charge in [-0.05, 0) is 25.0 Å². The minimum atomic E-state index is -0.441. The molecule has 0 radical (unpaired) electrons. The van der Waals surface area contributed by atoms with E-state index in [9.17, 15) is 14.9 Å². The first-order chi connectivity index (χ1) is 12.5. The predicted molar refractivity (Wildman–Crippen MR) is 101 cm³/mol. The quantitative estimate of drug-likeness (QED) is 0.524. The number of amides is 1. The lowest BCUT2D eigenvalue weighted by Crippen LogP contribution is -2.38. The number of nitro benzene ring substituents is 1. The van der Waals surface area contributed by atoms with Crippen LogP contribution in [0.3, 0.4) is 0 Å². The van der Waals surface area contributed by atoms with Crippen LogP contribution in [0.1, 0.15) is 36.3 Å². The van der Waals surface area contributed by atoms with Gasteiger partial charge in [0.15, 0.2) is 0 Å². The summed E-state index contributed by atoms with van der Waals surface area (Å²) in [5.74, 6) is -0.159. The maximum atomic E-state index is 13.1. The normalized spacial score (nSPS) is 12.1. The molecule has 3 rings (SSSR count). The van der Waals surface area contributed by atoms with Gasteiger partial charge in [-0.1, -0.05) is 49.4 Å². The van der Waals surface area contributed by atoms with Crippen LogP contribution in [0.5, 0.6) is 0 Å². The van der Waals surface area contributed by atoms with Gasteiger partial charge in [-0.25, -0.2) is 0 Å². The molecular weight excluding hydrogens is 330 g/mol. The summed E-state index contributed by atoms with van der Waals surface area (Å²) in [5, 5.41) is 11.9. The van der Waals surface area contributed by atoms with E-state index in [0.717, 1.165) is 12.0 Å². The third kappa shape index (κ3) is 3.44. The van der Waals surface area contributed by atoms with Crippen LogP contribution in [0, 0.1) is 10.1 Å². The molecule has 1 unspecified atom stereocenters. The summed E-state index contributed by atoms with van der Waals surface area (Å²) in [6.07, 6.45) is 0.818. The molecule has 134 valence electrons. The second-order valence-electron chi connectivity index (χ2n) is 6.36. The van der Waals surface area contributed by atoms with Crippen LogP contribution in [0.25, 0.3) is 10.9 Å². The molecule has 6 heteroatoms. The van der Waals surface area contributed by atoms with E-state index < -0.39 is 4.92 Å². The lowest BCUT2D eigenvalue weighted by molar-refractivity contribution is -0.383. The number of hydrogen-bond donors (Lipinski definition) is 1. The van der Waals surface area contributed by atoms with Gasteiger partial charge in [0.2, 0.25) is 0 Å². The van der Waals surface area contributed by atoms with E-state index in [2.05, 4.69) is 4.98 Å². The first-order valence-corrected chi connectivity index (χ1v) is 8.62. The molecule has 26 heavy (non-hydrogen) atoms. The first-order valence-electron chi connectivity index (χ1n) is 8.62. The number of nitrogens with zero attached hydrogens (tertiary/aromatic N) is 2. The molecule has 0 saturated carbocycles. The molecule has 6 nitrogen and oxygen atoms in total. The third-order valence-electron chi connectivity index (χ3n) is 4.64. The highest BCUT2D eigenvalue weighted by Crippen LogP contribution is 2.26. The molecule has 0 spiro atoms. The molecule has 1 N–H and O–H groups in total. The monoisotopic (exact) mass is 351 g/mol. The fraction of sp³-hybridized carbons (Fsp3) is 0.250. The highest BCUT2D eigenvalue weighted by molar-refractivity contribution is 6.00. The van der Waals surface area contributed by atoms with Crippen molar-refractivity contribution in [2.75, 3.05) is 0 Å². The number of carbonyl (C=O) groups is 1. The molecule has 0 bridgehead atoms. The second-order valence-corrected chi connectivity index (χ2v) is 6.36. The Morgan fingerprint density at radius 2 is 1.92 bits per heavy atom. The summed E-state index contributed by atoms with van der Waals surface area (Å²) in [6, 6.07) is 16.4. The van der Waals surface area contributed by atoms with Crippen LogP contribution in [-0.2, 0) is 6.54 Å². The van der Waals surface area contributed by atoms with Crippen molar-refractivity contribution in [2.24, 2.45) is 0 Å². The lowest BCUT2D eigenvalue weighted by atomic mass is 10.1. The van der Waals surface area contributed by atoms with Crippen molar-refractivity contribution < 1.29 is 9.72 Å². The fourth-order valence-corrected chi connectivity index (χ4v) is 2.99. The molecule has 1 heterocycles. The van der Waals surface area contributed by atoms with E-state index >= 15 is 0 Å². The highest BCUT2D eigenvalue weighted by atomic mass is 16.6. The zero-order chi connectivity index (χ0) is 18.7. The number of nitrogens with one attached hydrogen (secondary N) is 1. The van der Waals surface area contributed by atoms with E-state index in [1.165, 1.54) is 6.07 Å². The summed E-state index contributed by atoms with van der Waals surface area (Å²) >= 11 is 0. The Balaban J connectivity index is 1.97. The molecule has 0 fully saturated rings. The summed E-state index contributed by atoms with van der Waals surface area (Å²) < 4.78 is 0. The predicted octanol–water partition coefficient (Wildman–Crippen LogP) is 4.52. The average molecular weight is 351 g/mol. The molecule has 1 aromatic heterocycles. The Kier molecular flexibility index (Phi) is 5.02. The number of rotatable bonds is 6. The minimum Gasteiger partial charge on any atom is -0.345 e. The van der Waals surface area contributed by atoms with Gasteiger partial charge in [0, 0.05) is 24.0 Å². The SMILES string of the molecule is CCC(C)N(Cc1ccccc1)C(=O)c1cc2cccc([N+](=O)[O-])c2[nH]1. The molecule has 0 aliphatic rings. The van der Waals surface area contributed by atoms with Gasteiger partial charge >= 0.3 is 0 Å². The number of aromatic amines is 1. The van der Waals surface area contributed by atoms with Gasteiger partial charge in [-0.15, -0.1) is 0 Å². The zero-order valence-electron chi connectivity index (χ0n) is 14.8. The van der Waals surface area contributed by atoms with E-state index in [1.807, 2.05) is 44.2 Å². The third-order valence-corrected chi connectivity index (χ3v) is 4.64. The number of aromatic nitrogens is 1. The lowest BCUT2D eigenvalue weighted by Gasteiger charge is -2.28. The van der Waals surface area contributed by atoms with Crippen molar-refractivity contribution in [3.05, 3.63) is 76.0 Å². The van der Waals surface area contributed by atoms with Gasteiger partial charge in [-0.3, -0.25) is 14.9 Å². The van der Waals surface area contributed by atoms with Gasteiger partial charge in [0.1, 0.15) is 11.2 Å². The van der Waals surface area contributed by atoms with Crippen LogP contribution < -0.4 is 0 Å². The van der Waals surface area contributed by atoms with Gasteiger partial charge in [0.05, 0.1) is 4.92 Å². The highest BCUT2D eigenvalue weighted by Gasteiger charge is 2.24. The summed E-state index contributed by atoms with van der Waals surface area (Å²) in [4.78, 5) is 28.7. The number of para-hydroxylation sites is 1. The Morgan fingerprint density at radius 1 is 1.19 bits per heavy atom. The molecule has 0 saturated heterocycles. The minimum absolute atomic E-state index is 0.0281. The Labute approximate surface area is 151 Å². The molecule has 1 atom stereocenters. The second kappa shape index (κ2) is 7.39. The smallest absolute Gasteiger partial charge is 0.293 e. The van der Waals surface area contributed by atoms with Crippen molar-refractivity contribution >= 4 is 22.5 Å². The van der Waals surface area contributed by atoms with Gasteiger partial charge in [-0.2, -0.15) is 0 Å². The Hall–Kier alpha value is -3.15. The molecule has 1 amide bonds. The fourth-order valence-electron chi connectivity index (χ4n) is 2.99. The number of hydrogen-bond acceptors (Lipinski definition) is 3. The number of nitro groups is 1. The summed E-state index contributed by atoms with van der Waals surface area (Å²) in [7, 11) is 0. The first kappa shape index (κ1) is 17.7. The van der Waals surface area contributed by atoms with Crippen LogP contribution in [0.15, 0.2) is 54.6 Å². The molecule has 0 aliphatic heterocycles. The van der Waals surface area contributed by atoms with Crippen molar-refractivity contribution in [3.63, 3.8) is 0 Å². The maximum absolute atomic E-state index is 13.1. The van der Waals surface area contributed by atoms with Crippen molar-refractivity contribution in [3.8, 4) is 0 Å².